The van der Waals surface area contributed by atoms with E-state index in [0.717, 1.165) is 29.7 Å². The van der Waals surface area contributed by atoms with Crippen LogP contribution in [0.25, 0.3) is 0 Å². The van der Waals surface area contributed by atoms with Crippen molar-refractivity contribution in [2.24, 2.45) is 5.73 Å². The maximum atomic E-state index is 14.1. The largest absolute Gasteiger partial charge is 0.494 e. The number of ether oxygens (including phenoxy) is 2. The molecule has 130 valence electrons. The molecule has 0 aromatic heterocycles. The molecule has 0 saturated carbocycles. The van der Waals surface area contributed by atoms with E-state index < -0.39 is 0 Å². The van der Waals surface area contributed by atoms with E-state index in [-0.39, 0.29) is 17.5 Å². The molecule has 0 aliphatic carbocycles. The number of hydrogen-bond acceptors (Lipinski definition) is 3. The quantitative estimate of drug-likeness (QED) is 0.745. The Labute approximate surface area is 143 Å². The topological polar surface area (TPSA) is 44.5 Å². The SMILES string of the molecule is CCCOc1cccc(CC(CN)c2ccc(OCC)c(F)c2)c1. The summed E-state index contributed by atoms with van der Waals surface area (Å²) in [6.07, 6.45) is 1.72. The van der Waals surface area contributed by atoms with E-state index in [1.165, 1.54) is 6.07 Å². The number of hydrogen-bond donors (Lipinski definition) is 1. The minimum absolute atomic E-state index is 0.0524. The third-order valence-electron chi connectivity index (χ3n) is 3.87. The van der Waals surface area contributed by atoms with Crippen molar-refractivity contribution in [3.8, 4) is 11.5 Å². The standard InChI is InChI=1S/C20H26FNO2/c1-3-10-24-18-7-5-6-15(12-18)11-17(14-22)16-8-9-20(23-4-2)19(21)13-16/h5-9,12-13,17H,3-4,10-11,14,22H2,1-2H3. The van der Waals surface area contributed by atoms with E-state index >= 15 is 0 Å². The molecule has 2 aromatic carbocycles. The highest BCUT2D eigenvalue weighted by molar-refractivity contribution is 5.34. The van der Waals surface area contributed by atoms with Crippen LogP contribution in [0.4, 0.5) is 4.39 Å². The average Bonchev–Trinajstić information content (AvgIpc) is 2.60. The lowest BCUT2D eigenvalue weighted by Crippen LogP contribution is -2.15. The minimum Gasteiger partial charge on any atom is -0.494 e. The first-order valence-corrected chi connectivity index (χ1v) is 8.52. The average molecular weight is 331 g/mol. The molecule has 1 unspecified atom stereocenters. The second-order valence-electron chi connectivity index (χ2n) is 5.76. The number of halogens is 1. The van der Waals surface area contributed by atoms with Gasteiger partial charge in [0.2, 0.25) is 0 Å². The van der Waals surface area contributed by atoms with E-state index in [0.29, 0.717) is 19.8 Å². The van der Waals surface area contributed by atoms with Crippen molar-refractivity contribution < 1.29 is 13.9 Å². The van der Waals surface area contributed by atoms with Crippen molar-refractivity contribution >= 4 is 0 Å². The van der Waals surface area contributed by atoms with Crippen molar-refractivity contribution in [2.75, 3.05) is 19.8 Å². The zero-order valence-electron chi connectivity index (χ0n) is 14.4. The number of rotatable bonds is 9. The smallest absolute Gasteiger partial charge is 0.165 e. The normalized spacial score (nSPS) is 12.0. The summed E-state index contributed by atoms with van der Waals surface area (Å²) in [5.41, 5.74) is 7.95. The Morgan fingerprint density at radius 2 is 1.92 bits per heavy atom. The highest BCUT2D eigenvalue weighted by Gasteiger charge is 2.14. The maximum Gasteiger partial charge on any atom is 0.165 e. The van der Waals surface area contributed by atoms with Crippen molar-refractivity contribution in [1.29, 1.82) is 0 Å². The lowest BCUT2D eigenvalue weighted by atomic mass is 9.92. The van der Waals surface area contributed by atoms with Gasteiger partial charge in [-0.3, -0.25) is 0 Å². The maximum absolute atomic E-state index is 14.1. The van der Waals surface area contributed by atoms with Gasteiger partial charge in [-0.1, -0.05) is 25.1 Å². The highest BCUT2D eigenvalue weighted by Crippen LogP contribution is 2.26. The Morgan fingerprint density at radius 1 is 1.08 bits per heavy atom. The first-order valence-electron chi connectivity index (χ1n) is 8.52. The molecule has 2 N–H and O–H groups in total. The van der Waals surface area contributed by atoms with E-state index in [1.54, 1.807) is 6.07 Å². The lowest BCUT2D eigenvalue weighted by molar-refractivity contribution is 0.317. The summed E-state index contributed by atoms with van der Waals surface area (Å²) in [6, 6.07) is 13.1. The van der Waals surface area contributed by atoms with E-state index in [9.17, 15) is 4.39 Å². The van der Waals surface area contributed by atoms with E-state index in [4.69, 9.17) is 15.2 Å². The van der Waals surface area contributed by atoms with Gasteiger partial charge in [0.25, 0.3) is 0 Å². The molecule has 0 spiro atoms. The zero-order chi connectivity index (χ0) is 17.4. The van der Waals surface area contributed by atoms with Crippen LogP contribution < -0.4 is 15.2 Å². The summed E-state index contributed by atoms with van der Waals surface area (Å²) < 4.78 is 25.0. The summed E-state index contributed by atoms with van der Waals surface area (Å²) in [6.45, 7) is 5.51. The third kappa shape index (κ3) is 4.96. The molecule has 0 heterocycles. The van der Waals surface area contributed by atoms with Gasteiger partial charge in [0, 0.05) is 5.92 Å². The van der Waals surface area contributed by atoms with Crippen molar-refractivity contribution in [3.63, 3.8) is 0 Å². The molecule has 0 bridgehead atoms. The van der Waals surface area contributed by atoms with Gasteiger partial charge in [-0.2, -0.15) is 0 Å². The minimum atomic E-state index is -0.340. The molecular formula is C20H26FNO2. The van der Waals surface area contributed by atoms with Crippen LogP contribution in [0.2, 0.25) is 0 Å². The summed E-state index contributed by atoms with van der Waals surface area (Å²) in [5.74, 6) is 0.861. The van der Waals surface area contributed by atoms with Crippen molar-refractivity contribution in [1.82, 2.24) is 0 Å². The van der Waals surface area contributed by atoms with Gasteiger partial charge < -0.3 is 15.2 Å². The van der Waals surface area contributed by atoms with Gasteiger partial charge in [0.05, 0.1) is 13.2 Å². The van der Waals surface area contributed by atoms with Gasteiger partial charge in [-0.05, 0) is 61.7 Å². The molecule has 24 heavy (non-hydrogen) atoms. The Bertz CT molecular complexity index is 645. The molecule has 0 aliphatic rings. The Kier molecular flexibility index (Phi) is 7.07. The summed E-state index contributed by atoms with van der Waals surface area (Å²) >= 11 is 0. The Balaban J connectivity index is 2.13. The highest BCUT2D eigenvalue weighted by atomic mass is 19.1. The van der Waals surface area contributed by atoms with Crippen molar-refractivity contribution in [2.45, 2.75) is 32.6 Å². The van der Waals surface area contributed by atoms with Crippen molar-refractivity contribution in [3.05, 3.63) is 59.4 Å². The lowest BCUT2D eigenvalue weighted by Gasteiger charge is -2.17. The molecule has 2 aromatic rings. The Morgan fingerprint density at radius 3 is 2.58 bits per heavy atom. The molecule has 2 rings (SSSR count). The molecule has 1 atom stereocenters. The predicted octanol–water partition coefficient (Wildman–Crippen LogP) is 4.30. The predicted molar refractivity (Wildman–Crippen MR) is 95.3 cm³/mol. The number of nitrogens with two attached hydrogens (primary N) is 1. The molecule has 0 fully saturated rings. The summed E-state index contributed by atoms with van der Waals surface area (Å²) in [7, 11) is 0. The van der Waals surface area contributed by atoms with Crippen LogP contribution in [0.3, 0.4) is 0 Å². The van der Waals surface area contributed by atoms with Crippen LogP contribution in [0.15, 0.2) is 42.5 Å². The first-order chi connectivity index (χ1) is 11.7. The number of benzene rings is 2. The molecule has 3 nitrogen and oxygen atoms in total. The summed E-state index contributed by atoms with van der Waals surface area (Å²) in [4.78, 5) is 0. The molecular weight excluding hydrogens is 305 g/mol. The van der Waals surface area contributed by atoms with Crippen LogP contribution in [-0.4, -0.2) is 19.8 Å². The van der Waals surface area contributed by atoms with Crippen LogP contribution in [-0.2, 0) is 6.42 Å². The Hall–Kier alpha value is -2.07. The van der Waals surface area contributed by atoms with E-state index in [1.807, 2.05) is 37.3 Å². The molecule has 0 amide bonds. The fraction of sp³-hybridized carbons (Fsp3) is 0.400. The molecule has 0 saturated heterocycles. The monoisotopic (exact) mass is 331 g/mol. The molecule has 0 aliphatic heterocycles. The van der Waals surface area contributed by atoms with Crippen LogP contribution in [0.5, 0.6) is 11.5 Å². The van der Waals surface area contributed by atoms with Gasteiger partial charge in [0.1, 0.15) is 5.75 Å². The fourth-order valence-corrected chi connectivity index (χ4v) is 2.65. The molecule has 4 heteroatoms. The van der Waals surface area contributed by atoms with Gasteiger partial charge in [-0.25, -0.2) is 4.39 Å². The first kappa shape index (κ1) is 18.3. The third-order valence-corrected chi connectivity index (χ3v) is 3.87. The van der Waals surface area contributed by atoms with Crippen LogP contribution >= 0.6 is 0 Å². The zero-order valence-corrected chi connectivity index (χ0v) is 14.4. The second kappa shape index (κ2) is 9.28. The van der Waals surface area contributed by atoms with Gasteiger partial charge >= 0.3 is 0 Å². The molecule has 0 radical (unpaired) electrons. The van der Waals surface area contributed by atoms with Crippen LogP contribution in [0.1, 0.15) is 37.3 Å². The fourth-order valence-electron chi connectivity index (χ4n) is 2.65. The van der Waals surface area contributed by atoms with Crippen LogP contribution in [0, 0.1) is 5.82 Å². The second-order valence-corrected chi connectivity index (χ2v) is 5.76. The van der Waals surface area contributed by atoms with Gasteiger partial charge in [0.15, 0.2) is 11.6 Å². The van der Waals surface area contributed by atoms with E-state index in [2.05, 4.69) is 6.92 Å². The van der Waals surface area contributed by atoms with Gasteiger partial charge in [-0.15, -0.1) is 0 Å². The summed E-state index contributed by atoms with van der Waals surface area (Å²) in [5, 5.41) is 0.